The van der Waals surface area contributed by atoms with Crippen molar-refractivity contribution in [1.29, 1.82) is 0 Å². The summed E-state index contributed by atoms with van der Waals surface area (Å²) in [5, 5.41) is 6.80. The second kappa shape index (κ2) is 14.0. The SMILES string of the molecule is CN=C(NCCCOCC1CCOC1)NCCC1CCN(C)CC1.I. The molecule has 0 aliphatic carbocycles. The zero-order valence-electron chi connectivity index (χ0n) is 16.0. The van der Waals surface area contributed by atoms with Crippen molar-refractivity contribution in [2.24, 2.45) is 16.8 Å². The van der Waals surface area contributed by atoms with E-state index in [4.69, 9.17) is 9.47 Å². The monoisotopic (exact) mass is 468 g/mol. The molecule has 1 unspecified atom stereocenters. The lowest BCUT2D eigenvalue weighted by Crippen LogP contribution is -2.39. The van der Waals surface area contributed by atoms with Gasteiger partial charge in [-0.15, -0.1) is 24.0 Å². The molecule has 25 heavy (non-hydrogen) atoms. The van der Waals surface area contributed by atoms with Gasteiger partial charge in [0.2, 0.25) is 0 Å². The minimum atomic E-state index is 0. The summed E-state index contributed by atoms with van der Waals surface area (Å²) in [7, 11) is 4.05. The van der Waals surface area contributed by atoms with Crippen LogP contribution < -0.4 is 10.6 Å². The number of aliphatic imine (C=N–C) groups is 1. The lowest BCUT2D eigenvalue weighted by atomic mass is 9.94. The molecule has 2 heterocycles. The van der Waals surface area contributed by atoms with Crippen LogP contribution in [0.15, 0.2) is 4.99 Å². The summed E-state index contributed by atoms with van der Waals surface area (Å²) in [6.07, 6.45) is 6.04. The summed E-state index contributed by atoms with van der Waals surface area (Å²) in [6.45, 7) is 7.79. The Morgan fingerprint density at radius 3 is 2.60 bits per heavy atom. The molecule has 0 aromatic heterocycles. The Morgan fingerprint density at radius 1 is 1.16 bits per heavy atom. The number of hydrogen-bond acceptors (Lipinski definition) is 4. The molecule has 0 aromatic rings. The van der Waals surface area contributed by atoms with E-state index in [1.54, 1.807) is 0 Å². The highest BCUT2D eigenvalue weighted by atomic mass is 127. The van der Waals surface area contributed by atoms with Gasteiger partial charge in [-0.1, -0.05) is 0 Å². The lowest BCUT2D eigenvalue weighted by Gasteiger charge is -2.29. The molecule has 148 valence electrons. The van der Waals surface area contributed by atoms with Crippen LogP contribution in [0.5, 0.6) is 0 Å². The first-order valence-corrected chi connectivity index (χ1v) is 9.56. The number of ether oxygens (including phenoxy) is 2. The van der Waals surface area contributed by atoms with Gasteiger partial charge in [0.05, 0.1) is 13.2 Å². The van der Waals surface area contributed by atoms with Crippen molar-refractivity contribution in [2.45, 2.75) is 32.1 Å². The number of guanidine groups is 1. The minimum absolute atomic E-state index is 0. The van der Waals surface area contributed by atoms with Crippen LogP contribution in [0.25, 0.3) is 0 Å². The molecule has 0 spiro atoms. The molecular weight excluding hydrogens is 431 g/mol. The Morgan fingerprint density at radius 2 is 1.92 bits per heavy atom. The molecule has 1 atom stereocenters. The van der Waals surface area contributed by atoms with Crippen LogP contribution in [0.4, 0.5) is 0 Å². The predicted molar refractivity (Wildman–Crippen MR) is 114 cm³/mol. The minimum Gasteiger partial charge on any atom is -0.381 e. The molecule has 2 N–H and O–H groups in total. The van der Waals surface area contributed by atoms with Crippen molar-refractivity contribution < 1.29 is 9.47 Å². The maximum atomic E-state index is 5.72. The summed E-state index contributed by atoms with van der Waals surface area (Å²) in [4.78, 5) is 6.72. The van der Waals surface area contributed by atoms with Crippen molar-refractivity contribution >= 4 is 29.9 Å². The molecule has 2 saturated heterocycles. The Bertz CT molecular complexity index is 357. The third kappa shape index (κ3) is 9.96. The second-order valence-electron chi connectivity index (χ2n) is 7.12. The number of hydrogen-bond donors (Lipinski definition) is 2. The van der Waals surface area contributed by atoms with Crippen LogP contribution in [0.1, 0.15) is 32.1 Å². The first-order chi connectivity index (χ1) is 11.8. The summed E-state index contributed by atoms with van der Waals surface area (Å²) in [5.41, 5.74) is 0. The molecule has 6 nitrogen and oxygen atoms in total. The van der Waals surface area contributed by atoms with Gasteiger partial charge in [-0.05, 0) is 58.2 Å². The van der Waals surface area contributed by atoms with Crippen molar-refractivity contribution in [1.82, 2.24) is 15.5 Å². The van der Waals surface area contributed by atoms with Gasteiger partial charge in [0.25, 0.3) is 0 Å². The topological polar surface area (TPSA) is 58.1 Å². The zero-order chi connectivity index (χ0) is 17.0. The smallest absolute Gasteiger partial charge is 0.190 e. The van der Waals surface area contributed by atoms with E-state index in [0.29, 0.717) is 5.92 Å². The molecule has 2 aliphatic heterocycles. The van der Waals surface area contributed by atoms with Gasteiger partial charge in [0, 0.05) is 39.3 Å². The molecule has 2 rings (SSSR count). The van der Waals surface area contributed by atoms with Gasteiger partial charge in [-0.2, -0.15) is 0 Å². The second-order valence-corrected chi connectivity index (χ2v) is 7.12. The Balaban J connectivity index is 0.00000312. The molecule has 0 bridgehead atoms. The zero-order valence-corrected chi connectivity index (χ0v) is 18.3. The molecular formula is C18H37IN4O2. The Labute approximate surface area is 170 Å². The van der Waals surface area contributed by atoms with Crippen LogP contribution in [0.2, 0.25) is 0 Å². The van der Waals surface area contributed by atoms with Gasteiger partial charge in [-0.25, -0.2) is 0 Å². The summed E-state index contributed by atoms with van der Waals surface area (Å²) in [6, 6.07) is 0. The maximum absolute atomic E-state index is 5.72. The first kappa shape index (κ1) is 22.9. The third-order valence-electron chi connectivity index (χ3n) is 5.04. The van der Waals surface area contributed by atoms with E-state index >= 15 is 0 Å². The van der Waals surface area contributed by atoms with Crippen molar-refractivity contribution in [3.8, 4) is 0 Å². The van der Waals surface area contributed by atoms with Crippen molar-refractivity contribution in [2.75, 3.05) is 66.7 Å². The Kier molecular flexibility index (Phi) is 12.8. The standard InChI is InChI=1S/C18H36N4O2.HI/c1-19-18(21-9-4-16-5-10-22(2)11-6-16)20-8-3-12-23-14-17-7-13-24-15-17;/h16-17H,3-15H2,1-2H3,(H2,19,20,21);1H. The van der Waals surface area contributed by atoms with E-state index in [-0.39, 0.29) is 24.0 Å². The van der Waals surface area contributed by atoms with Crippen LogP contribution in [-0.4, -0.2) is 77.6 Å². The highest BCUT2D eigenvalue weighted by Gasteiger charge is 2.16. The fourth-order valence-corrected chi connectivity index (χ4v) is 3.31. The number of piperidine rings is 1. The normalized spacial score (nSPS) is 22.6. The van der Waals surface area contributed by atoms with Crippen molar-refractivity contribution in [3.05, 3.63) is 0 Å². The van der Waals surface area contributed by atoms with Gasteiger partial charge in [0.1, 0.15) is 0 Å². The van der Waals surface area contributed by atoms with E-state index in [0.717, 1.165) is 64.2 Å². The van der Waals surface area contributed by atoms with Crippen molar-refractivity contribution in [3.63, 3.8) is 0 Å². The average Bonchev–Trinajstić information content (AvgIpc) is 3.11. The predicted octanol–water partition coefficient (Wildman–Crippen LogP) is 1.94. The van der Waals surface area contributed by atoms with Gasteiger partial charge >= 0.3 is 0 Å². The molecule has 2 fully saturated rings. The Hall–Kier alpha value is -0.120. The maximum Gasteiger partial charge on any atom is 0.190 e. The lowest BCUT2D eigenvalue weighted by molar-refractivity contribution is 0.0888. The highest BCUT2D eigenvalue weighted by Crippen LogP contribution is 2.18. The largest absolute Gasteiger partial charge is 0.381 e. The number of rotatable bonds is 9. The fourth-order valence-electron chi connectivity index (χ4n) is 3.31. The fraction of sp³-hybridized carbons (Fsp3) is 0.944. The van der Waals surface area contributed by atoms with Crippen LogP contribution >= 0.6 is 24.0 Å². The summed E-state index contributed by atoms with van der Waals surface area (Å²) >= 11 is 0. The van der Waals surface area contributed by atoms with Crippen LogP contribution in [0.3, 0.4) is 0 Å². The van der Waals surface area contributed by atoms with Gasteiger partial charge in [0.15, 0.2) is 5.96 Å². The number of likely N-dealkylation sites (tertiary alicyclic amines) is 1. The third-order valence-corrected chi connectivity index (χ3v) is 5.04. The quantitative estimate of drug-likeness (QED) is 0.235. The first-order valence-electron chi connectivity index (χ1n) is 9.56. The average molecular weight is 468 g/mol. The summed E-state index contributed by atoms with van der Waals surface area (Å²) in [5.74, 6) is 2.37. The molecule has 2 aliphatic rings. The van der Waals surface area contributed by atoms with E-state index in [9.17, 15) is 0 Å². The van der Waals surface area contributed by atoms with E-state index in [1.165, 1.54) is 32.4 Å². The van der Waals surface area contributed by atoms with Gasteiger partial charge < -0.3 is 25.0 Å². The van der Waals surface area contributed by atoms with E-state index in [2.05, 4.69) is 27.6 Å². The molecule has 0 radical (unpaired) electrons. The van der Waals surface area contributed by atoms with Gasteiger partial charge in [-0.3, -0.25) is 4.99 Å². The van der Waals surface area contributed by atoms with Crippen LogP contribution in [-0.2, 0) is 9.47 Å². The van der Waals surface area contributed by atoms with E-state index in [1.807, 2.05) is 7.05 Å². The number of nitrogens with one attached hydrogen (secondary N) is 2. The molecule has 7 heteroatoms. The number of nitrogens with zero attached hydrogens (tertiary/aromatic N) is 2. The van der Waals surface area contributed by atoms with Crippen LogP contribution in [0, 0.1) is 11.8 Å². The van der Waals surface area contributed by atoms with E-state index < -0.39 is 0 Å². The highest BCUT2D eigenvalue weighted by molar-refractivity contribution is 14.0. The summed E-state index contributed by atoms with van der Waals surface area (Å²) < 4.78 is 11.1. The number of halogens is 1. The molecule has 0 amide bonds. The molecule has 0 aromatic carbocycles. The molecule has 0 saturated carbocycles.